The van der Waals surface area contributed by atoms with Gasteiger partial charge in [0.2, 0.25) is 0 Å². The molecule has 0 N–H and O–H groups in total. The number of aryl methyl sites for hydroxylation is 2. The van der Waals surface area contributed by atoms with Gasteiger partial charge in [-0.2, -0.15) is 0 Å². The van der Waals surface area contributed by atoms with Crippen molar-refractivity contribution in [3.05, 3.63) is 46.8 Å². The minimum Gasteiger partial charge on any atom is -0.140 e. The van der Waals surface area contributed by atoms with Gasteiger partial charge in [-0.05, 0) is 37.0 Å². The number of hydrogen-bond acceptors (Lipinski definition) is 1. The van der Waals surface area contributed by atoms with Crippen LogP contribution >= 0.6 is 11.3 Å². The molecule has 0 fully saturated rings. The minimum atomic E-state index is 1.23. The molecule has 0 unspecified atom stereocenters. The first kappa shape index (κ1) is 13.4. The highest BCUT2D eigenvalue weighted by Crippen LogP contribution is 2.33. The first-order chi connectivity index (χ1) is 8.81. The van der Waals surface area contributed by atoms with Crippen LogP contribution in [0.5, 0.6) is 0 Å². The minimum absolute atomic E-state index is 1.23. The van der Waals surface area contributed by atoms with Crippen molar-refractivity contribution in [3.63, 3.8) is 0 Å². The number of benzene rings is 1. The maximum atomic E-state index is 2.37. The van der Waals surface area contributed by atoms with Crippen molar-refractivity contribution in [2.24, 2.45) is 0 Å². The van der Waals surface area contributed by atoms with E-state index in [1.807, 2.05) is 11.3 Å². The molecular formula is C17H22S. The molecule has 0 bridgehead atoms. The van der Waals surface area contributed by atoms with Crippen LogP contribution in [0.3, 0.4) is 0 Å². The van der Waals surface area contributed by atoms with Gasteiger partial charge in [0.15, 0.2) is 0 Å². The van der Waals surface area contributed by atoms with E-state index < -0.39 is 0 Å². The van der Waals surface area contributed by atoms with Crippen molar-refractivity contribution >= 4 is 11.3 Å². The molecule has 0 saturated carbocycles. The van der Waals surface area contributed by atoms with Crippen molar-refractivity contribution in [2.45, 2.75) is 46.0 Å². The normalized spacial score (nSPS) is 10.8. The Hall–Kier alpha value is -1.08. The summed E-state index contributed by atoms with van der Waals surface area (Å²) in [5.41, 5.74) is 2.92. The van der Waals surface area contributed by atoms with Gasteiger partial charge in [0.25, 0.3) is 0 Å². The van der Waals surface area contributed by atoms with Gasteiger partial charge in [0.1, 0.15) is 0 Å². The highest BCUT2D eigenvalue weighted by Gasteiger charge is 2.08. The summed E-state index contributed by atoms with van der Waals surface area (Å²) >= 11 is 1.93. The lowest BCUT2D eigenvalue weighted by molar-refractivity contribution is 0.668. The van der Waals surface area contributed by atoms with Crippen LogP contribution < -0.4 is 0 Å². The highest BCUT2D eigenvalue weighted by atomic mass is 32.1. The van der Waals surface area contributed by atoms with Crippen LogP contribution in [-0.4, -0.2) is 0 Å². The topological polar surface area (TPSA) is 0 Å². The molecule has 0 spiro atoms. The first-order valence-corrected chi connectivity index (χ1v) is 7.77. The molecule has 0 amide bonds. The van der Waals surface area contributed by atoms with E-state index in [1.165, 1.54) is 47.4 Å². The molecule has 0 radical (unpaired) electrons. The smallest absolute Gasteiger partial charge is 0.0377 e. The molecule has 2 aromatic rings. The fourth-order valence-electron chi connectivity index (χ4n) is 2.33. The van der Waals surface area contributed by atoms with Gasteiger partial charge in [-0.25, -0.2) is 0 Å². The molecule has 0 nitrogen and oxygen atoms in total. The molecule has 0 atom stereocenters. The zero-order valence-electron chi connectivity index (χ0n) is 11.4. The Morgan fingerprint density at radius 3 is 2.50 bits per heavy atom. The third-order valence-corrected chi connectivity index (χ3v) is 4.41. The third-order valence-electron chi connectivity index (χ3n) is 3.27. The maximum absolute atomic E-state index is 2.37. The molecule has 1 heterocycles. The van der Waals surface area contributed by atoms with E-state index in [1.54, 1.807) is 5.56 Å². The molecule has 1 aromatic heterocycles. The van der Waals surface area contributed by atoms with Crippen molar-refractivity contribution in [2.75, 3.05) is 0 Å². The van der Waals surface area contributed by atoms with Gasteiger partial charge >= 0.3 is 0 Å². The lowest BCUT2D eigenvalue weighted by atomic mass is 10.0. The number of hydrogen-bond donors (Lipinski definition) is 0. The Bertz CT molecular complexity index is 468. The van der Waals surface area contributed by atoms with E-state index in [0.29, 0.717) is 0 Å². The summed E-state index contributed by atoms with van der Waals surface area (Å²) in [4.78, 5) is 2.91. The Labute approximate surface area is 115 Å². The van der Waals surface area contributed by atoms with Crippen LogP contribution in [0.25, 0.3) is 10.4 Å². The molecule has 0 saturated heterocycles. The van der Waals surface area contributed by atoms with Gasteiger partial charge in [-0.15, -0.1) is 11.3 Å². The zero-order chi connectivity index (χ0) is 12.8. The largest absolute Gasteiger partial charge is 0.140 e. The Morgan fingerprint density at radius 1 is 1.00 bits per heavy atom. The van der Waals surface area contributed by atoms with E-state index in [-0.39, 0.29) is 0 Å². The average Bonchev–Trinajstić information content (AvgIpc) is 2.77. The zero-order valence-corrected chi connectivity index (χ0v) is 12.2. The molecular weight excluding hydrogens is 236 g/mol. The van der Waals surface area contributed by atoms with Gasteiger partial charge < -0.3 is 0 Å². The first-order valence-electron chi connectivity index (χ1n) is 6.96. The summed E-state index contributed by atoms with van der Waals surface area (Å²) in [5, 5.41) is 0. The Morgan fingerprint density at radius 2 is 1.78 bits per heavy atom. The second-order valence-electron chi connectivity index (χ2n) is 4.89. The van der Waals surface area contributed by atoms with Crippen molar-refractivity contribution in [1.29, 1.82) is 0 Å². The number of thiophene rings is 1. The monoisotopic (exact) mass is 258 g/mol. The second kappa shape index (κ2) is 6.75. The number of rotatable bonds is 6. The summed E-state index contributed by atoms with van der Waals surface area (Å²) in [7, 11) is 0. The predicted octanol–water partition coefficient (Wildman–Crippen LogP) is 5.85. The van der Waals surface area contributed by atoms with Gasteiger partial charge in [-0.1, -0.05) is 56.5 Å². The van der Waals surface area contributed by atoms with Crippen LogP contribution in [0.2, 0.25) is 0 Å². The van der Waals surface area contributed by atoms with Crippen LogP contribution in [0, 0.1) is 6.92 Å². The van der Waals surface area contributed by atoms with Crippen LogP contribution in [0.1, 0.15) is 43.0 Å². The molecule has 1 heteroatoms. The molecule has 0 aliphatic rings. The van der Waals surface area contributed by atoms with Crippen LogP contribution in [-0.2, 0) is 6.42 Å². The molecule has 18 heavy (non-hydrogen) atoms. The number of unbranched alkanes of at least 4 members (excludes halogenated alkanes) is 3. The Balaban J connectivity index is 2.11. The Kier molecular flexibility index (Phi) is 5.00. The molecule has 96 valence electrons. The maximum Gasteiger partial charge on any atom is 0.0377 e. The highest BCUT2D eigenvalue weighted by molar-refractivity contribution is 7.15. The van der Waals surface area contributed by atoms with Gasteiger partial charge in [-0.3, -0.25) is 0 Å². The fourth-order valence-corrected chi connectivity index (χ4v) is 3.40. The molecule has 2 rings (SSSR count). The van der Waals surface area contributed by atoms with E-state index >= 15 is 0 Å². The molecule has 0 aliphatic heterocycles. The molecule has 0 aliphatic carbocycles. The van der Waals surface area contributed by atoms with Crippen LogP contribution in [0.4, 0.5) is 0 Å². The van der Waals surface area contributed by atoms with Crippen molar-refractivity contribution in [1.82, 2.24) is 0 Å². The fraction of sp³-hybridized carbons (Fsp3) is 0.412. The summed E-state index contributed by atoms with van der Waals surface area (Å²) in [5.74, 6) is 0. The van der Waals surface area contributed by atoms with Crippen molar-refractivity contribution < 1.29 is 0 Å². The summed E-state index contributed by atoms with van der Waals surface area (Å²) in [6.07, 6.45) is 6.59. The third kappa shape index (κ3) is 3.46. The lowest BCUT2D eigenvalue weighted by Gasteiger charge is -2.03. The van der Waals surface area contributed by atoms with Gasteiger partial charge in [0, 0.05) is 9.75 Å². The van der Waals surface area contributed by atoms with E-state index in [4.69, 9.17) is 0 Å². The second-order valence-corrected chi connectivity index (χ2v) is 6.14. The predicted molar refractivity (Wildman–Crippen MR) is 82.3 cm³/mol. The van der Waals surface area contributed by atoms with E-state index in [2.05, 4.69) is 50.2 Å². The van der Waals surface area contributed by atoms with E-state index in [0.717, 1.165) is 0 Å². The SMILES string of the molecule is CCCCCCc1cc(C)sc1-c1ccccc1. The van der Waals surface area contributed by atoms with Crippen molar-refractivity contribution in [3.8, 4) is 10.4 Å². The quantitative estimate of drug-likeness (QED) is 0.570. The van der Waals surface area contributed by atoms with Gasteiger partial charge in [0.05, 0.1) is 0 Å². The summed E-state index contributed by atoms with van der Waals surface area (Å²) in [6.45, 7) is 4.48. The lowest BCUT2D eigenvalue weighted by Crippen LogP contribution is -1.86. The standard InChI is InChI=1S/C17H22S/c1-3-4-5-7-12-16-13-14(2)18-17(16)15-10-8-6-9-11-15/h6,8-11,13H,3-5,7,12H2,1-2H3. The summed E-state index contributed by atoms with van der Waals surface area (Å²) in [6, 6.07) is 13.2. The van der Waals surface area contributed by atoms with E-state index in [9.17, 15) is 0 Å². The average molecular weight is 258 g/mol. The summed E-state index contributed by atoms with van der Waals surface area (Å²) < 4.78 is 0. The van der Waals surface area contributed by atoms with Crippen LogP contribution in [0.15, 0.2) is 36.4 Å². The molecule has 1 aromatic carbocycles.